The number of halogens is 1. The van der Waals surface area contributed by atoms with Crippen LogP contribution in [0.4, 0.5) is 0 Å². The molecule has 2 N–H and O–H groups in total. The molecule has 1 atom stereocenters. The maximum atomic E-state index is 5.59. The second-order valence-corrected chi connectivity index (χ2v) is 8.07. The van der Waals surface area contributed by atoms with E-state index in [2.05, 4.69) is 50.2 Å². The van der Waals surface area contributed by atoms with Crippen molar-refractivity contribution in [2.45, 2.75) is 72.9 Å². The number of aryl methyl sites for hydroxylation is 2. The Labute approximate surface area is 206 Å². The minimum absolute atomic E-state index is 0. The van der Waals surface area contributed by atoms with Crippen molar-refractivity contribution in [3.8, 4) is 0 Å². The molecular formula is C23H45IN6O. The molecule has 2 rings (SSSR count). The van der Waals surface area contributed by atoms with Crippen LogP contribution in [0.3, 0.4) is 0 Å². The smallest absolute Gasteiger partial charge is 0.191 e. The van der Waals surface area contributed by atoms with Gasteiger partial charge in [-0.2, -0.15) is 5.10 Å². The molecule has 8 heteroatoms. The SMILES string of the molecule is CCNC(=NCc1c(CC)nn(C)c1CC)NCC(C(CC)CC)N1CCOCC1.I. The molecule has 1 aromatic heterocycles. The molecule has 0 bridgehead atoms. The Morgan fingerprint density at radius 3 is 2.29 bits per heavy atom. The molecule has 0 amide bonds. The van der Waals surface area contributed by atoms with Crippen molar-refractivity contribution < 1.29 is 4.74 Å². The molecule has 1 aliphatic rings. The highest BCUT2D eigenvalue weighted by atomic mass is 127. The minimum atomic E-state index is 0. The molecule has 31 heavy (non-hydrogen) atoms. The lowest BCUT2D eigenvalue weighted by Gasteiger charge is -2.39. The first kappa shape index (κ1) is 28.2. The van der Waals surface area contributed by atoms with Crippen LogP contribution in [0, 0.1) is 5.92 Å². The van der Waals surface area contributed by atoms with E-state index in [1.807, 2.05) is 11.7 Å². The first-order chi connectivity index (χ1) is 14.6. The minimum Gasteiger partial charge on any atom is -0.379 e. The van der Waals surface area contributed by atoms with Crippen LogP contribution in [0.2, 0.25) is 0 Å². The predicted molar refractivity (Wildman–Crippen MR) is 140 cm³/mol. The molecular weight excluding hydrogens is 503 g/mol. The van der Waals surface area contributed by atoms with Gasteiger partial charge in [0.15, 0.2) is 5.96 Å². The number of guanidine groups is 1. The molecule has 1 aromatic rings. The van der Waals surface area contributed by atoms with E-state index in [4.69, 9.17) is 14.8 Å². The molecule has 180 valence electrons. The monoisotopic (exact) mass is 548 g/mol. The molecule has 1 fully saturated rings. The van der Waals surface area contributed by atoms with Crippen LogP contribution in [0.15, 0.2) is 4.99 Å². The topological polar surface area (TPSA) is 66.7 Å². The van der Waals surface area contributed by atoms with Crippen molar-refractivity contribution >= 4 is 29.9 Å². The average molecular weight is 549 g/mol. The van der Waals surface area contributed by atoms with E-state index in [0.717, 1.165) is 63.9 Å². The normalized spacial score (nSPS) is 16.3. The number of nitrogens with one attached hydrogen (secondary N) is 2. The summed E-state index contributed by atoms with van der Waals surface area (Å²) in [5.74, 6) is 1.57. The highest BCUT2D eigenvalue weighted by Crippen LogP contribution is 2.20. The lowest BCUT2D eigenvalue weighted by molar-refractivity contribution is 0.00272. The van der Waals surface area contributed by atoms with Crippen molar-refractivity contribution in [1.29, 1.82) is 0 Å². The van der Waals surface area contributed by atoms with E-state index >= 15 is 0 Å². The van der Waals surface area contributed by atoms with E-state index < -0.39 is 0 Å². The molecule has 0 aliphatic carbocycles. The van der Waals surface area contributed by atoms with E-state index in [1.165, 1.54) is 24.1 Å². The van der Waals surface area contributed by atoms with Crippen molar-refractivity contribution in [3.63, 3.8) is 0 Å². The second kappa shape index (κ2) is 15.1. The molecule has 1 unspecified atom stereocenters. The Kier molecular flexibility index (Phi) is 13.7. The molecule has 0 radical (unpaired) electrons. The summed E-state index contributed by atoms with van der Waals surface area (Å²) in [7, 11) is 2.04. The fourth-order valence-electron chi connectivity index (χ4n) is 4.61. The maximum absolute atomic E-state index is 5.59. The summed E-state index contributed by atoms with van der Waals surface area (Å²) >= 11 is 0. The average Bonchev–Trinajstić information content (AvgIpc) is 3.09. The Morgan fingerprint density at radius 1 is 1.06 bits per heavy atom. The number of morpholine rings is 1. The largest absolute Gasteiger partial charge is 0.379 e. The van der Waals surface area contributed by atoms with Crippen LogP contribution in [-0.4, -0.2) is 66.1 Å². The quantitative estimate of drug-likeness (QED) is 0.252. The molecule has 7 nitrogen and oxygen atoms in total. The van der Waals surface area contributed by atoms with Crippen LogP contribution in [0.1, 0.15) is 64.4 Å². The number of aliphatic imine (C=N–C) groups is 1. The van der Waals surface area contributed by atoms with Gasteiger partial charge in [0.25, 0.3) is 0 Å². The van der Waals surface area contributed by atoms with E-state index in [-0.39, 0.29) is 24.0 Å². The van der Waals surface area contributed by atoms with Crippen LogP contribution in [0.5, 0.6) is 0 Å². The Hall–Kier alpha value is -0.870. The Balaban J connectivity index is 0.00000480. The standard InChI is InChI=1S/C23H44N6O.HI/c1-7-18(8-2)22(29-12-14-30-15-13-29)17-26-23(24-11-5)25-16-19-20(9-3)27-28(6)21(19)10-4;/h18,22H,7-17H2,1-6H3,(H2,24,25,26);1H. The number of hydrogen-bond donors (Lipinski definition) is 2. The zero-order chi connectivity index (χ0) is 21.9. The fourth-order valence-corrected chi connectivity index (χ4v) is 4.61. The zero-order valence-corrected chi connectivity index (χ0v) is 22.9. The Morgan fingerprint density at radius 2 is 1.74 bits per heavy atom. The number of hydrogen-bond acceptors (Lipinski definition) is 4. The van der Waals surface area contributed by atoms with Gasteiger partial charge in [-0.05, 0) is 25.7 Å². The van der Waals surface area contributed by atoms with Gasteiger partial charge in [-0.3, -0.25) is 9.58 Å². The van der Waals surface area contributed by atoms with Crippen LogP contribution >= 0.6 is 24.0 Å². The molecule has 0 aromatic carbocycles. The van der Waals surface area contributed by atoms with Crippen LogP contribution in [0.25, 0.3) is 0 Å². The molecule has 1 saturated heterocycles. The lowest BCUT2D eigenvalue weighted by Crippen LogP contribution is -2.53. The van der Waals surface area contributed by atoms with E-state index in [1.54, 1.807) is 0 Å². The second-order valence-electron chi connectivity index (χ2n) is 8.07. The summed E-state index contributed by atoms with van der Waals surface area (Å²) < 4.78 is 7.61. The van der Waals surface area contributed by atoms with Gasteiger partial charge in [0, 0.05) is 50.5 Å². The van der Waals surface area contributed by atoms with Crippen LogP contribution in [-0.2, 0) is 31.2 Å². The highest BCUT2D eigenvalue weighted by Gasteiger charge is 2.27. The third-order valence-corrected chi connectivity index (χ3v) is 6.35. The number of rotatable bonds is 11. The maximum Gasteiger partial charge on any atom is 0.191 e. The lowest BCUT2D eigenvalue weighted by atomic mass is 9.92. The third-order valence-electron chi connectivity index (χ3n) is 6.35. The molecule has 1 aliphatic heterocycles. The first-order valence-corrected chi connectivity index (χ1v) is 12.0. The van der Waals surface area contributed by atoms with E-state index in [9.17, 15) is 0 Å². The van der Waals surface area contributed by atoms with Gasteiger partial charge in [0.1, 0.15) is 0 Å². The number of aromatic nitrogens is 2. The van der Waals surface area contributed by atoms with Crippen molar-refractivity contribution in [1.82, 2.24) is 25.3 Å². The highest BCUT2D eigenvalue weighted by molar-refractivity contribution is 14.0. The van der Waals surface area contributed by atoms with Crippen molar-refractivity contribution in [3.05, 3.63) is 17.0 Å². The molecule has 0 saturated carbocycles. The zero-order valence-electron chi connectivity index (χ0n) is 20.5. The van der Waals surface area contributed by atoms with Crippen LogP contribution < -0.4 is 10.6 Å². The summed E-state index contributed by atoms with van der Waals surface area (Å²) in [5.41, 5.74) is 3.73. The van der Waals surface area contributed by atoms with Crippen molar-refractivity contribution in [2.24, 2.45) is 18.0 Å². The van der Waals surface area contributed by atoms with Gasteiger partial charge in [-0.25, -0.2) is 4.99 Å². The van der Waals surface area contributed by atoms with Gasteiger partial charge in [-0.15, -0.1) is 24.0 Å². The first-order valence-electron chi connectivity index (χ1n) is 12.0. The molecule has 2 heterocycles. The fraction of sp³-hybridized carbons (Fsp3) is 0.826. The summed E-state index contributed by atoms with van der Waals surface area (Å²) in [4.78, 5) is 7.54. The predicted octanol–water partition coefficient (Wildman–Crippen LogP) is 3.36. The summed E-state index contributed by atoms with van der Waals surface area (Å²) in [6, 6.07) is 0.503. The van der Waals surface area contributed by atoms with Gasteiger partial charge in [-0.1, -0.05) is 40.5 Å². The molecule has 0 spiro atoms. The summed E-state index contributed by atoms with van der Waals surface area (Å²) in [6.45, 7) is 17.2. The van der Waals surface area contributed by atoms with Gasteiger partial charge in [0.05, 0.1) is 25.5 Å². The number of ether oxygens (including phenoxy) is 1. The third kappa shape index (κ3) is 7.89. The van der Waals surface area contributed by atoms with E-state index in [0.29, 0.717) is 18.5 Å². The number of nitrogens with zero attached hydrogens (tertiary/aromatic N) is 4. The van der Waals surface area contributed by atoms with Gasteiger partial charge >= 0.3 is 0 Å². The Bertz CT molecular complexity index is 653. The van der Waals surface area contributed by atoms with Crippen molar-refractivity contribution in [2.75, 3.05) is 39.4 Å². The van der Waals surface area contributed by atoms with Gasteiger partial charge < -0.3 is 15.4 Å². The summed E-state index contributed by atoms with van der Waals surface area (Å²) in [5, 5.41) is 11.8. The summed E-state index contributed by atoms with van der Waals surface area (Å²) in [6.07, 6.45) is 4.31. The van der Waals surface area contributed by atoms with Gasteiger partial charge in [0.2, 0.25) is 0 Å².